The van der Waals surface area contributed by atoms with Gasteiger partial charge in [0.25, 0.3) is 0 Å². The number of hydrogen-bond donors (Lipinski definition) is 1. The molecule has 0 saturated carbocycles. The first-order valence-electron chi connectivity index (χ1n) is 5.25. The lowest BCUT2D eigenvalue weighted by molar-refractivity contribution is 0.910. The second kappa shape index (κ2) is 4.81. The van der Waals surface area contributed by atoms with Gasteiger partial charge in [0.05, 0.1) is 0 Å². The van der Waals surface area contributed by atoms with Crippen LogP contribution in [0.3, 0.4) is 0 Å². The van der Waals surface area contributed by atoms with Crippen molar-refractivity contribution in [3.05, 3.63) is 41.9 Å². The number of hydrogen-bond acceptors (Lipinski definition) is 4. The maximum absolute atomic E-state index is 5.50. The first kappa shape index (κ1) is 10.7. The summed E-state index contributed by atoms with van der Waals surface area (Å²) < 4.78 is 0. The molecule has 2 heterocycles. The van der Waals surface area contributed by atoms with E-state index in [4.69, 9.17) is 5.73 Å². The summed E-state index contributed by atoms with van der Waals surface area (Å²) in [6.45, 7) is 2.60. The van der Waals surface area contributed by atoms with Crippen LogP contribution in [0.15, 0.2) is 30.6 Å². The minimum absolute atomic E-state index is 0.595. The van der Waals surface area contributed by atoms with Crippen LogP contribution >= 0.6 is 0 Å². The van der Waals surface area contributed by atoms with Crippen LogP contribution in [0.1, 0.15) is 11.3 Å². The molecule has 0 aliphatic heterocycles. The zero-order chi connectivity index (χ0) is 11.4. The summed E-state index contributed by atoms with van der Waals surface area (Å²) in [6.07, 6.45) is 4.27. The Balaban J connectivity index is 2.40. The van der Waals surface area contributed by atoms with Crippen molar-refractivity contribution in [2.75, 3.05) is 6.54 Å². The van der Waals surface area contributed by atoms with E-state index in [1.54, 1.807) is 12.4 Å². The van der Waals surface area contributed by atoms with Crippen LogP contribution in [0.4, 0.5) is 0 Å². The molecule has 16 heavy (non-hydrogen) atoms. The Hall–Kier alpha value is -1.81. The van der Waals surface area contributed by atoms with E-state index in [9.17, 15) is 0 Å². The second-order valence-corrected chi connectivity index (χ2v) is 3.58. The predicted molar refractivity (Wildman–Crippen MR) is 62.8 cm³/mol. The molecule has 0 fully saturated rings. The van der Waals surface area contributed by atoms with Gasteiger partial charge in [-0.2, -0.15) is 0 Å². The molecule has 82 valence electrons. The van der Waals surface area contributed by atoms with Gasteiger partial charge in [0.1, 0.15) is 5.69 Å². The van der Waals surface area contributed by atoms with Crippen molar-refractivity contribution in [1.29, 1.82) is 0 Å². The number of aromatic nitrogens is 3. The molecule has 0 atom stereocenters. The van der Waals surface area contributed by atoms with Crippen LogP contribution in [0, 0.1) is 6.92 Å². The van der Waals surface area contributed by atoms with Crippen LogP contribution in [-0.2, 0) is 6.42 Å². The summed E-state index contributed by atoms with van der Waals surface area (Å²) in [7, 11) is 0. The Kier molecular flexibility index (Phi) is 3.22. The molecular formula is C12H14N4. The molecule has 0 aliphatic rings. The minimum atomic E-state index is 0.595. The summed E-state index contributed by atoms with van der Waals surface area (Å²) in [5.41, 5.74) is 8.37. The average Bonchev–Trinajstić information content (AvgIpc) is 2.30. The van der Waals surface area contributed by atoms with Gasteiger partial charge < -0.3 is 5.73 Å². The molecule has 2 aromatic rings. The molecule has 0 spiro atoms. The topological polar surface area (TPSA) is 64.7 Å². The fourth-order valence-electron chi connectivity index (χ4n) is 1.52. The molecule has 0 unspecified atom stereocenters. The third-order valence-electron chi connectivity index (χ3n) is 2.33. The molecule has 0 aliphatic carbocycles. The Bertz CT molecular complexity index is 482. The molecule has 0 amide bonds. The highest BCUT2D eigenvalue weighted by Gasteiger charge is 2.06. The lowest BCUT2D eigenvalue weighted by atomic mass is 10.2. The van der Waals surface area contributed by atoms with E-state index in [0.29, 0.717) is 12.4 Å². The van der Waals surface area contributed by atoms with Gasteiger partial charge >= 0.3 is 0 Å². The van der Waals surface area contributed by atoms with Gasteiger partial charge in [-0.15, -0.1) is 0 Å². The Morgan fingerprint density at radius 2 is 2.06 bits per heavy atom. The van der Waals surface area contributed by atoms with E-state index >= 15 is 0 Å². The number of aryl methyl sites for hydroxylation is 1. The molecule has 2 aromatic heterocycles. The van der Waals surface area contributed by atoms with Crippen molar-refractivity contribution in [3.63, 3.8) is 0 Å². The summed E-state index contributed by atoms with van der Waals surface area (Å²) in [5.74, 6) is 0.670. The summed E-state index contributed by atoms with van der Waals surface area (Å²) >= 11 is 0. The normalized spacial score (nSPS) is 10.4. The van der Waals surface area contributed by atoms with Crippen LogP contribution in [0.5, 0.6) is 0 Å². The molecule has 4 nitrogen and oxygen atoms in total. The van der Waals surface area contributed by atoms with Gasteiger partial charge in [-0.3, -0.25) is 4.98 Å². The van der Waals surface area contributed by atoms with Crippen molar-refractivity contribution in [2.45, 2.75) is 13.3 Å². The Morgan fingerprint density at radius 3 is 2.81 bits per heavy atom. The monoisotopic (exact) mass is 214 g/mol. The van der Waals surface area contributed by atoms with Crippen LogP contribution in [-0.4, -0.2) is 21.5 Å². The molecular weight excluding hydrogens is 200 g/mol. The summed E-state index contributed by atoms with van der Waals surface area (Å²) in [4.78, 5) is 13.0. The van der Waals surface area contributed by atoms with Gasteiger partial charge in [0.15, 0.2) is 5.82 Å². The predicted octanol–water partition coefficient (Wildman–Crippen LogP) is 1.35. The molecule has 0 radical (unpaired) electrons. The average molecular weight is 214 g/mol. The minimum Gasteiger partial charge on any atom is -0.330 e. The molecule has 0 bridgehead atoms. The number of nitrogens with two attached hydrogens (primary N) is 1. The number of nitrogens with zero attached hydrogens (tertiary/aromatic N) is 3. The summed E-state index contributed by atoms with van der Waals surface area (Å²) in [5, 5.41) is 0. The third-order valence-corrected chi connectivity index (χ3v) is 2.33. The molecule has 0 saturated heterocycles. The van der Waals surface area contributed by atoms with Crippen molar-refractivity contribution in [1.82, 2.24) is 15.0 Å². The fourth-order valence-corrected chi connectivity index (χ4v) is 1.52. The standard InChI is InChI=1S/C12H14N4/c1-9-3-2-7-14-11(9)12-15-8-5-10(16-12)4-6-13/h2-3,5,7-8H,4,6,13H2,1H3. The van der Waals surface area contributed by atoms with E-state index in [2.05, 4.69) is 15.0 Å². The second-order valence-electron chi connectivity index (χ2n) is 3.58. The lowest BCUT2D eigenvalue weighted by Gasteiger charge is -2.04. The number of pyridine rings is 1. The third kappa shape index (κ3) is 2.23. The van der Waals surface area contributed by atoms with Crippen molar-refractivity contribution < 1.29 is 0 Å². The highest BCUT2D eigenvalue weighted by Crippen LogP contribution is 2.15. The Morgan fingerprint density at radius 1 is 1.19 bits per heavy atom. The fraction of sp³-hybridized carbons (Fsp3) is 0.250. The quantitative estimate of drug-likeness (QED) is 0.837. The zero-order valence-corrected chi connectivity index (χ0v) is 9.22. The lowest BCUT2D eigenvalue weighted by Crippen LogP contribution is -2.05. The van der Waals surface area contributed by atoms with E-state index < -0.39 is 0 Å². The maximum atomic E-state index is 5.50. The smallest absolute Gasteiger partial charge is 0.178 e. The largest absolute Gasteiger partial charge is 0.330 e. The molecule has 4 heteroatoms. The molecule has 2 N–H and O–H groups in total. The molecule has 2 rings (SSSR count). The van der Waals surface area contributed by atoms with E-state index in [0.717, 1.165) is 23.4 Å². The SMILES string of the molecule is Cc1cccnc1-c1nccc(CCN)n1. The zero-order valence-electron chi connectivity index (χ0n) is 9.22. The van der Waals surface area contributed by atoms with Crippen LogP contribution in [0.25, 0.3) is 11.5 Å². The summed E-state index contributed by atoms with van der Waals surface area (Å²) in [6, 6.07) is 5.79. The molecule has 0 aromatic carbocycles. The van der Waals surface area contributed by atoms with E-state index in [-0.39, 0.29) is 0 Å². The van der Waals surface area contributed by atoms with Gasteiger partial charge in [-0.05, 0) is 31.2 Å². The van der Waals surface area contributed by atoms with Gasteiger partial charge in [-0.1, -0.05) is 6.07 Å². The van der Waals surface area contributed by atoms with Crippen LogP contribution in [0.2, 0.25) is 0 Å². The number of rotatable bonds is 3. The first-order chi connectivity index (χ1) is 7.81. The van der Waals surface area contributed by atoms with Crippen LogP contribution < -0.4 is 5.73 Å². The van der Waals surface area contributed by atoms with E-state index in [1.807, 2.05) is 25.1 Å². The van der Waals surface area contributed by atoms with Gasteiger partial charge in [0.2, 0.25) is 0 Å². The highest BCUT2D eigenvalue weighted by atomic mass is 14.9. The highest BCUT2D eigenvalue weighted by molar-refractivity contribution is 5.53. The van der Waals surface area contributed by atoms with Gasteiger partial charge in [0, 0.05) is 24.5 Å². The maximum Gasteiger partial charge on any atom is 0.178 e. The van der Waals surface area contributed by atoms with Gasteiger partial charge in [-0.25, -0.2) is 9.97 Å². The first-order valence-corrected chi connectivity index (χ1v) is 5.25. The Labute approximate surface area is 94.6 Å². The van der Waals surface area contributed by atoms with Crippen molar-refractivity contribution in [2.24, 2.45) is 5.73 Å². The van der Waals surface area contributed by atoms with Crippen molar-refractivity contribution >= 4 is 0 Å². The van der Waals surface area contributed by atoms with Crippen molar-refractivity contribution in [3.8, 4) is 11.5 Å². The van der Waals surface area contributed by atoms with E-state index in [1.165, 1.54) is 0 Å².